The highest BCUT2D eigenvalue weighted by Crippen LogP contribution is 2.34. The van der Waals surface area contributed by atoms with Crippen molar-refractivity contribution >= 4 is 0 Å². The van der Waals surface area contributed by atoms with Crippen LogP contribution in [-0.4, -0.2) is 273 Å². The number of hydrogen-bond acceptors (Lipinski definition) is 26. The zero-order valence-electron chi connectivity index (χ0n) is 29.2. The van der Waals surface area contributed by atoms with Gasteiger partial charge in [-0.3, -0.25) is 0 Å². The van der Waals surface area contributed by atoms with Crippen molar-refractivity contribution in [2.24, 2.45) is 0 Å². The van der Waals surface area contributed by atoms with Crippen LogP contribution >= 0.6 is 0 Å². The van der Waals surface area contributed by atoms with Crippen molar-refractivity contribution in [2.75, 3.05) is 33.0 Å². The predicted molar refractivity (Wildman–Crippen MR) is 167 cm³/mol. The van der Waals surface area contributed by atoms with Crippen LogP contribution in [0.25, 0.3) is 0 Å². The van der Waals surface area contributed by atoms with Crippen molar-refractivity contribution in [3.8, 4) is 0 Å². The lowest BCUT2D eigenvalue weighted by Crippen LogP contribution is -2.67. The molecule has 5 saturated heterocycles. The van der Waals surface area contributed by atoms with Crippen LogP contribution in [0.5, 0.6) is 0 Å². The molecular weight excluding hydrogens is 776 g/mol. The molecule has 26 heteroatoms. The van der Waals surface area contributed by atoms with Crippen molar-refractivity contribution in [1.82, 2.24) is 0 Å². The molecule has 0 radical (unpaired) electrons. The van der Waals surface area contributed by atoms with E-state index in [1.165, 1.54) is 0 Å². The van der Waals surface area contributed by atoms with E-state index in [0.29, 0.717) is 0 Å². The third kappa shape index (κ3) is 9.31. The minimum atomic E-state index is -2.10. The Hall–Kier alpha value is -1.04. The van der Waals surface area contributed by atoms with Crippen LogP contribution in [0, 0.1) is 0 Å². The minimum Gasteiger partial charge on any atom is -0.394 e. The molecule has 5 aliphatic rings. The third-order valence-electron chi connectivity index (χ3n) is 10.3. The summed E-state index contributed by atoms with van der Waals surface area (Å²) in [5.74, 6) is 0. The van der Waals surface area contributed by atoms with Gasteiger partial charge in [-0.25, -0.2) is 0 Å². The number of aliphatic hydroxyl groups is 17. The highest BCUT2D eigenvalue weighted by atomic mass is 16.8. The SMILES string of the molecule is OC[C@H]1O[C@@H](O[C@H]2[C@H](O)[C@@H](O)[C@H](OC[C@H]3O[C@H](O)[C@H](O)[C@@H](O)[C@@H]3O[C@@H]3O[C@H](CO)[C@@H](O[C@@H]4O[C@H](CO)[C@H](O)[C@H](O)[C@H]4O)[C@H](O)[C@H]3O)O[C@@H]2CO)[C@H](O)[C@@H](O)[C@H]1O. The molecule has 0 spiro atoms. The van der Waals surface area contributed by atoms with Gasteiger partial charge in [0.15, 0.2) is 31.5 Å². The summed E-state index contributed by atoms with van der Waals surface area (Å²) < 4.78 is 49.2. The lowest BCUT2D eigenvalue weighted by Gasteiger charge is -2.48. The molecule has 25 atom stereocenters. The maximum Gasteiger partial charge on any atom is 0.187 e. The maximum atomic E-state index is 11.0. The molecule has 0 unspecified atom stereocenters. The molecule has 0 bridgehead atoms. The highest BCUT2D eigenvalue weighted by Gasteiger charge is 2.55. The fourth-order valence-corrected chi connectivity index (χ4v) is 6.93. The molecule has 0 aliphatic carbocycles. The monoisotopic (exact) mass is 828 g/mol. The minimum absolute atomic E-state index is 0.806. The topological polar surface area (TPSA) is 427 Å². The van der Waals surface area contributed by atoms with E-state index in [1.54, 1.807) is 0 Å². The summed E-state index contributed by atoms with van der Waals surface area (Å²) in [6, 6.07) is 0. The Labute approximate surface area is 316 Å². The fourth-order valence-electron chi connectivity index (χ4n) is 6.93. The molecule has 5 rings (SSSR count). The van der Waals surface area contributed by atoms with E-state index < -0.39 is 187 Å². The van der Waals surface area contributed by atoms with Gasteiger partial charge in [0, 0.05) is 0 Å². The zero-order chi connectivity index (χ0) is 41.3. The second-order valence-corrected chi connectivity index (χ2v) is 14.0. The summed E-state index contributed by atoms with van der Waals surface area (Å²) in [6.45, 7) is -4.29. The van der Waals surface area contributed by atoms with Gasteiger partial charge < -0.3 is 129 Å². The molecule has 5 fully saturated rings. The van der Waals surface area contributed by atoms with Crippen LogP contribution in [0.2, 0.25) is 0 Å². The average molecular weight is 829 g/mol. The van der Waals surface area contributed by atoms with Gasteiger partial charge in [0.2, 0.25) is 0 Å². The lowest BCUT2D eigenvalue weighted by molar-refractivity contribution is -0.382. The molecule has 5 aliphatic heterocycles. The molecule has 328 valence electrons. The van der Waals surface area contributed by atoms with E-state index in [1.807, 2.05) is 0 Å². The number of hydrogen-bond donors (Lipinski definition) is 17. The molecule has 0 aromatic heterocycles. The Morgan fingerprint density at radius 3 is 1.04 bits per heavy atom. The van der Waals surface area contributed by atoms with Crippen LogP contribution in [0.4, 0.5) is 0 Å². The Kier molecular flexibility index (Phi) is 16.1. The Bertz CT molecular complexity index is 1200. The van der Waals surface area contributed by atoms with Gasteiger partial charge in [-0.2, -0.15) is 0 Å². The van der Waals surface area contributed by atoms with Gasteiger partial charge in [0.25, 0.3) is 0 Å². The first-order valence-electron chi connectivity index (χ1n) is 17.6. The average Bonchev–Trinajstić information content (AvgIpc) is 3.19. The molecule has 26 nitrogen and oxygen atoms in total. The molecule has 5 heterocycles. The van der Waals surface area contributed by atoms with Crippen molar-refractivity contribution < 1.29 is 129 Å². The lowest BCUT2D eigenvalue weighted by atomic mass is 9.96. The summed E-state index contributed by atoms with van der Waals surface area (Å²) >= 11 is 0. The summed E-state index contributed by atoms with van der Waals surface area (Å²) in [5, 5.41) is 175. The van der Waals surface area contributed by atoms with Gasteiger partial charge >= 0.3 is 0 Å². The number of ether oxygens (including phenoxy) is 9. The Balaban J connectivity index is 1.24. The van der Waals surface area contributed by atoms with Crippen molar-refractivity contribution in [1.29, 1.82) is 0 Å². The molecule has 0 amide bonds. The Morgan fingerprint density at radius 1 is 0.304 bits per heavy atom. The second kappa shape index (κ2) is 19.6. The number of aliphatic hydroxyl groups excluding tert-OH is 17. The fraction of sp³-hybridized carbons (Fsp3) is 1.00. The Morgan fingerprint density at radius 2 is 0.625 bits per heavy atom. The van der Waals surface area contributed by atoms with E-state index in [-0.39, 0.29) is 0 Å². The first kappa shape index (κ1) is 46.0. The van der Waals surface area contributed by atoms with Gasteiger partial charge in [0.1, 0.15) is 122 Å². The van der Waals surface area contributed by atoms with E-state index in [9.17, 15) is 86.8 Å². The van der Waals surface area contributed by atoms with Crippen LogP contribution < -0.4 is 0 Å². The second-order valence-electron chi connectivity index (χ2n) is 14.0. The summed E-state index contributed by atoms with van der Waals surface area (Å²) in [4.78, 5) is 0. The van der Waals surface area contributed by atoms with Crippen molar-refractivity contribution in [3.05, 3.63) is 0 Å². The van der Waals surface area contributed by atoms with Crippen LogP contribution in [-0.2, 0) is 42.6 Å². The molecule has 0 saturated carbocycles. The van der Waals surface area contributed by atoms with E-state index in [4.69, 9.17) is 42.6 Å². The summed E-state index contributed by atoms with van der Waals surface area (Å²) in [6.07, 6.45) is -45.6. The van der Waals surface area contributed by atoms with Crippen LogP contribution in [0.1, 0.15) is 0 Å². The van der Waals surface area contributed by atoms with Gasteiger partial charge in [-0.05, 0) is 0 Å². The van der Waals surface area contributed by atoms with Crippen LogP contribution in [0.15, 0.2) is 0 Å². The normalized spacial score (nSPS) is 53.2. The first-order valence-corrected chi connectivity index (χ1v) is 17.6. The summed E-state index contributed by atoms with van der Waals surface area (Å²) in [7, 11) is 0. The van der Waals surface area contributed by atoms with Crippen molar-refractivity contribution in [2.45, 2.75) is 154 Å². The molecule has 56 heavy (non-hydrogen) atoms. The van der Waals surface area contributed by atoms with E-state index in [2.05, 4.69) is 0 Å². The standard InChI is InChI=1S/C30H52O26/c31-1-6-11(35)13(37)19(43)28(50-6)54-23-8(3-33)52-27(21(45)16(23)40)48-5-10-25(15(39)18(42)26(47)49-10)56-30-22(46)17(41)24(9(4-34)53-30)55-29-20(44)14(38)12(36)7(2-32)51-29/h6-47H,1-5H2/t6-,7-,8-,9-,10-,11+,12+,13+,14+,15-,16-,17-,18-,19-,20-,21-,22-,23-,24-,25-,26+,27-,28+,29+,30+/m1/s1. The highest BCUT2D eigenvalue weighted by molar-refractivity contribution is 4.98. The number of rotatable bonds is 13. The molecule has 0 aromatic rings. The summed E-state index contributed by atoms with van der Waals surface area (Å²) in [5.41, 5.74) is 0. The van der Waals surface area contributed by atoms with E-state index >= 15 is 0 Å². The first-order chi connectivity index (χ1) is 26.5. The largest absolute Gasteiger partial charge is 0.394 e. The van der Waals surface area contributed by atoms with Gasteiger partial charge in [0.05, 0.1) is 33.0 Å². The molecule has 0 aromatic carbocycles. The van der Waals surface area contributed by atoms with Crippen LogP contribution in [0.3, 0.4) is 0 Å². The molecular formula is C30H52O26. The van der Waals surface area contributed by atoms with Crippen molar-refractivity contribution in [3.63, 3.8) is 0 Å². The quantitative estimate of drug-likeness (QED) is 0.0819. The smallest absolute Gasteiger partial charge is 0.187 e. The molecule has 17 N–H and O–H groups in total. The predicted octanol–water partition coefficient (Wildman–Crippen LogP) is -11.9. The van der Waals surface area contributed by atoms with Gasteiger partial charge in [-0.1, -0.05) is 0 Å². The van der Waals surface area contributed by atoms with Gasteiger partial charge in [-0.15, -0.1) is 0 Å². The maximum absolute atomic E-state index is 11.0. The third-order valence-corrected chi connectivity index (χ3v) is 10.3. The zero-order valence-corrected chi connectivity index (χ0v) is 29.2. The van der Waals surface area contributed by atoms with E-state index in [0.717, 1.165) is 0 Å².